The second-order valence-electron chi connectivity index (χ2n) is 3.42. The first-order valence-electron chi connectivity index (χ1n) is 4.28. The summed E-state index contributed by atoms with van der Waals surface area (Å²) in [5.74, 6) is 0.735. The van der Waals surface area contributed by atoms with E-state index in [-0.39, 0.29) is 18.4 Å². The van der Waals surface area contributed by atoms with E-state index in [1.54, 1.807) is 0 Å². The Balaban J connectivity index is 0.000000845. The monoisotopic (exact) mass is 261 g/mol. The van der Waals surface area contributed by atoms with Crippen LogP contribution in [0.2, 0.25) is 0 Å². The van der Waals surface area contributed by atoms with Gasteiger partial charge >= 0.3 is 0 Å². The molecule has 1 aliphatic carbocycles. The Labute approximate surface area is 93.2 Å². The molecule has 13 heavy (non-hydrogen) atoms. The van der Waals surface area contributed by atoms with Crippen LogP contribution in [0.1, 0.15) is 24.4 Å². The van der Waals surface area contributed by atoms with Gasteiger partial charge in [-0.05, 0) is 36.5 Å². The Hall–Kier alpha value is -0.0500. The van der Waals surface area contributed by atoms with E-state index >= 15 is 0 Å². The minimum absolute atomic E-state index is 0. The lowest BCUT2D eigenvalue weighted by Crippen LogP contribution is -2.11. The predicted molar refractivity (Wildman–Crippen MR) is 61.0 cm³/mol. The van der Waals surface area contributed by atoms with Gasteiger partial charge in [0, 0.05) is 10.5 Å². The van der Waals surface area contributed by atoms with Gasteiger partial charge in [0.05, 0.1) is 0 Å². The lowest BCUT2D eigenvalue weighted by Gasteiger charge is -2.10. The molecule has 1 atom stereocenters. The molecule has 2 N–H and O–H groups in total. The molecule has 1 saturated carbocycles. The molecule has 0 aromatic heterocycles. The zero-order valence-corrected chi connectivity index (χ0v) is 9.64. The molecule has 3 heteroatoms. The molecule has 2 rings (SSSR count). The van der Waals surface area contributed by atoms with E-state index in [1.165, 1.54) is 18.4 Å². The quantitative estimate of drug-likeness (QED) is 0.870. The smallest absolute Gasteiger partial charge is 0.0323 e. The molecule has 1 fully saturated rings. The lowest BCUT2D eigenvalue weighted by molar-refractivity contribution is 0.633. The average molecular weight is 263 g/mol. The molecule has 1 aliphatic rings. The molecule has 0 bridgehead atoms. The zero-order valence-electron chi connectivity index (χ0n) is 7.24. The van der Waals surface area contributed by atoms with Gasteiger partial charge in [0.2, 0.25) is 0 Å². The van der Waals surface area contributed by atoms with Crippen molar-refractivity contribution in [2.45, 2.75) is 18.9 Å². The first-order chi connectivity index (χ1) is 5.77. The highest BCUT2D eigenvalue weighted by molar-refractivity contribution is 9.10. The Morgan fingerprint density at radius 3 is 2.62 bits per heavy atom. The van der Waals surface area contributed by atoms with Crippen molar-refractivity contribution >= 4 is 28.3 Å². The molecule has 0 aliphatic heterocycles. The van der Waals surface area contributed by atoms with E-state index in [9.17, 15) is 0 Å². The minimum atomic E-state index is 0. The van der Waals surface area contributed by atoms with Gasteiger partial charge in [-0.15, -0.1) is 12.4 Å². The molecular weight excluding hydrogens is 249 g/mol. The van der Waals surface area contributed by atoms with Crippen LogP contribution >= 0.6 is 28.3 Å². The van der Waals surface area contributed by atoms with Crippen LogP contribution in [-0.4, -0.2) is 0 Å². The van der Waals surface area contributed by atoms with Crippen molar-refractivity contribution in [2.24, 2.45) is 11.7 Å². The van der Waals surface area contributed by atoms with Crippen LogP contribution in [0, 0.1) is 5.92 Å². The molecule has 0 radical (unpaired) electrons. The fourth-order valence-electron chi connectivity index (χ4n) is 1.44. The fourth-order valence-corrected chi connectivity index (χ4v) is 1.86. The summed E-state index contributed by atoms with van der Waals surface area (Å²) in [6.45, 7) is 0. The van der Waals surface area contributed by atoms with Gasteiger partial charge < -0.3 is 5.73 Å². The van der Waals surface area contributed by atoms with Crippen LogP contribution in [0.25, 0.3) is 0 Å². The SMILES string of the molecule is Cl.N[C@@H](c1cccc(Br)c1)C1CC1. The molecule has 0 spiro atoms. The summed E-state index contributed by atoms with van der Waals surface area (Å²) in [7, 11) is 0. The molecular formula is C10H13BrClN. The number of benzene rings is 1. The summed E-state index contributed by atoms with van der Waals surface area (Å²) in [5, 5.41) is 0. The molecule has 1 aromatic rings. The van der Waals surface area contributed by atoms with Crippen LogP contribution in [-0.2, 0) is 0 Å². The molecule has 0 saturated heterocycles. The summed E-state index contributed by atoms with van der Waals surface area (Å²) in [5.41, 5.74) is 7.30. The van der Waals surface area contributed by atoms with Crippen LogP contribution in [0.5, 0.6) is 0 Å². The van der Waals surface area contributed by atoms with Gasteiger partial charge in [0.1, 0.15) is 0 Å². The number of nitrogens with two attached hydrogens (primary N) is 1. The largest absolute Gasteiger partial charge is 0.324 e. The van der Waals surface area contributed by atoms with Gasteiger partial charge in [-0.3, -0.25) is 0 Å². The number of halogens is 2. The minimum Gasteiger partial charge on any atom is -0.324 e. The lowest BCUT2D eigenvalue weighted by atomic mass is 10.0. The number of hydrogen-bond acceptors (Lipinski definition) is 1. The van der Waals surface area contributed by atoms with Crippen LogP contribution in [0.15, 0.2) is 28.7 Å². The first kappa shape index (κ1) is 11.0. The standard InChI is InChI=1S/C10H12BrN.ClH/c11-9-3-1-2-8(6-9)10(12)7-4-5-7;/h1-3,6-7,10H,4-5,12H2;1H/t10-;/m1./s1. The highest BCUT2D eigenvalue weighted by atomic mass is 79.9. The Kier molecular flexibility index (Phi) is 3.77. The van der Waals surface area contributed by atoms with Crippen molar-refractivity contribution in [1.29, 1.82) is 0 Å². The molecule has 1 nitrogen and oxygen atoms in total. The van der Waals surface area contributed by atoms with E-state index in [2.05, 4.69) is 28.1 Å². The van der Waals surface area contributed by atoms with Crippen LogP contribution < -0.4 is 5.73 Å². The Bertz CT molecular complexity index is 286. The summed E-state index contributed by atoms with van der Waals surface area (Å²) >= 11 is 3.44. The summed E-state index contributed by atoms with van der Waals surface area (Å²) < 4.78 is 1.12. The van der Waals surface area contributed by atoms with Crippen LogP contribution in [0.3, 0.4) is 0 Å². The van der Waals surface area contributed by atoms with E-state index in [1.807, 2.05) is 12.1 Å². The summed E-state index contributed by atoms with van der Waals surface area (Å²) in [6, 6.07) is 8.55. The molecule has 0 heterocycles. The average Bonchev–Trinajstić information content (AvgIpc) is 2.85. The highest BCUT2D eigenvalue weighted by Crippen LogP contribution is 2.39. The second kappa shape index (κ2) is 4.45. The van der Waals surface area contributed by atoms with Gasteiger partial charge in [0.25, 0.3) is 0 Å². The zero-order chi connectivity index (χ0) is 8.55. The van der Waals surface area contributed by atoms with E-state index in [4.69, 9.17) is 5.73 Å². The van der Waals surface area contributed by atoms with Crippen molar-refractivity contribution in [3.8, 4) is 0 Å². The molecule has 0 amide bonds. The second-order valence-corrected chi connectivity index (χ2v) is 4.33. The summed E-state index contributed by atoms with van der Waals surface area (Å²) in [4.78, 5) is 0. The Morgan fingerprint density at radius 1 is 1.38 bits per heavy atom. The third-order valence-corrected chi connectivity index (χ3v) is 2.86. The van der Waals surface area contributed by atoms with Crippen LogP contribution in [0.4, 0.5) is 0 Å². The van der Waals surface area contributed by atoms with Crippen molar-refractivity contribution in [3.05, 3.63) is 34.3 Å². The van der Waals surface area contributed by atoms with E-state index < -0.39 is 0 Å². The third kappa shape index (κ3) is 2.70. The van der Waals surface area contributed by atoms with Gasteiger partial charge in [0.15, 0.2) is 0 Å². The van der Waals surface area contributed by atoms with Crippen molar-refractivity contribution in [3.63, 3.8) is 0 Å². The van der Waals surface area contributed by atoms with Crippen molar-refractivity contribution < 1.29 is 0 Å². The summed E-state index contributed by atoms with van der Waals surface area (Å²) in [6.07, 6.45) is 2.60. The highest BCUT2D eigenvalue weighted by Gasteiger charge is 2.29. The van der Waals surface area contributed by atoms with Gasteiger partial charge in [-0.1, -0.05) is 28.1 Å². The van der Waals surface area contributed by atoms with E-state index in [0.29, 0.717) is 0 Å². The van der Waals surface area contributed by atoms with Gasteiger partial charge in [-0.2, -0.15) is 0 Å². The van der Waals surface area contributed by atoms with Crippen molar-refractivity contribution in [2.75, 3.05) is 0 Å². The molecule has 0 unspecified atom stereocenters. The third-order valence-electron chi connectivity index (χ3n) is 2.36. The maximum atomic E-state index is 6.05. The number of hydrogen-bond donors (Lipinski definition) is 1. The van der Waals surface area contributed by atoms with Crippen molar-refractivity contribution in [1.82, 2.24) is 0 Å². The molecule has 72 valence electrons. The maximum absolute atomic E-state index is 6.05. The van der Waals surface area contributed by atoms with E-state index in [0.717, 1.165) is 10.4 Å². The Morgan fingerprint density at radius 2 is 2.08 bits per heavy atom. The van der Waals surface area contributed by atoms with Gasteiger partial charge in [-0.25, -0.2) is 0 Å². The molecule has 1 aromatic carbocycles. The fraction of sp³-hybridized carbons (Fsp3) is 0.400. The predicted octanol–water partition coefficient (Wildman–Crippen LogP) is 3.28. The topological polar surface area (TPSA) is 26.0 Å². The number of rotatable bonds is 2. The first-order valence-corrected chi connectivity index (χ1v) is 5.08. The maximum Gasteiger partial charge on any atom is 0.0323 e. The normalized spacial score (nSPS) is 17.7.